The van der Waals surface area contributed by atoms with Gasteiger partial charge >= 0.3 is 0 Å². The number of carbonyl (C=O) groups excluding carboxylic acids is 1. The van der Waals surface area contributed by atoms with Gasteiger partial charge in [-0.15, -0.1) is 0 Å². The predicted octanol–water partition coefficient (Wildman–Crippen LogP) is 4.83. The van der Waals surface area contributed by atoms with Crippen LogP contribution in [0, 0.1) is 10.1 Å². The van der Waals surface area contributed by atoms with Gasteiger partial charge in [0.15, 0.2) is 0 Å². The molecule has 4 heterocycles. The monoisotopic (exact) mass is 635 g/mol. The third kappa shape index (κ3) is 6.77. The highest BCUT2D eigenvalue weighted by atomic mass is 32.2. The molecule has 13 nitrogen and oxygen atoms in total. The van der Waals surface area contributed by atoms with Crippen LogP contribution in [0.15, 0.2) is 71.9 Å². The number of rotatable bonds is 9. The van der Waals surface area contributed by atoms with Crippen molar-refractivity contribution in [3.8, 4) is 11.5 Å². The van der Waals surface area contributed by atoms with Gasteiger partial charge in [-0.05, 0) is 69.5 Å². The standard InChI is InChI=1S/C31H34N6O7S/c1-31(2)17-22(11-14-43-31)36-13-10-21(19-36)34-26-8-7-24(16-27(26)37(39)40)45(41,42)35-30(38)25-5-3-4-6-28(25)44-23-15-20-9-12-32-29(20)33-18-23/h3-9,12,15-16,18,21-22,34H,10-11,13-14,17,19H2,1-2H3,(H,32,33)(H,35,38)/t21-,22?/m0/s1/i19D/t19?,21-,22?. The molecule has 0 aliphatic carbocycles. The Labute approximate surface area is 261 Å². The molecule has 0 spiro atoms. The quantitative estimate of drug-likeness (QED) is 0.171. The molecule has 0 radical (unpaired) electrons. The lowest BCUT2D eigenvalue weighted by atomic mass is 9.93. The smallest absolute Gasteiger partial charge is 0.293 e. The molecule has 3 N–H and O–H groups in total. The van der Waals surface area contributed by atoms with Crippen molar-refractivity contribution in [2.75, 3.05) is 25.0 Å². The number of nitrogens with one attached hydrogen (secondary N) is 3. The summed E-state index contributed by atoms with van der Waals surface area (Å²) in [7, 11) is -4.52. The van der Waals surface area contributed by atoms with E-state index in [2.05, 4.69) is 20.2 Å². The largest absolute Gasteiger partial charge is 0.455 e. The van der Waals surface area contributed by atoms with E-state index in [4.69, 9.17) is 10.8 Å². The Bertz CT molecular complexity index is 1900. The van der Waals surface area contributed by atoms with Crippen LogP contribution in [0.5, 0.6) is 11.5 Å². The fourth-order valence-electron chi connectivity index (χ4n) is 5.80. The molecule has 2 aromatic carbocycles. The molecule has 6 rings (SSSR count). The van der Waals surface area contributed by atoms with Crippen LogP contribution in [0.1, 0.15) is 44.8 Å². The number of likely N-dealkylation sites (tertiary alicyclic amines) is 1. The van der Waals surface area contributed by atoms with Crippen molar-refractivity contribution in [2.24, 2.45) is 0 Å². The minimum Gasteiger partial charge on any atom is -0.455 e. The second-order valence-electron chi connectivity index (χ2n) is 11.7. The van der Waals surface area contributed by atoms with Crippen LogP contribution >= 0.6 is 0 Å². The number of aromatic nitrogens is 2. The maximum atomic E-state index is 13.3. The zero-order valence-corrected chi connectivity index (χ0v) is 25.5. The molecule has 2 fully saturated rings. The Kier molecular flexibility index (Phi) is 7.85. The van der Waals surface area contributed by atoms with Gasteiger partial charge in [-0.3, -0.25) is 19.8 Å². The topological polar surface area (TPSA) is 169 Å². The molecular formula is C31H34N6O7S. The second-order valence-corrected chi connectivity index (χ2v) is 13.4. The van der Waals surface area contributed by atoms with E-state index in [0.717, 1.165) is 24.3 Å². The van der Waals surface area contributed by atoms with Crippen molar-refractivity contribution in [3.63, 3.8) is 0 Å². The Balaban J connectivity index is 1.17. The van der Waals surface area contributed by atoms with Gasteiger partial charge in [-0.2, -0.15) is 0 Å². The lowest BCUT2D eigenvalue weighted by Crippen LogP contribution is -2.45. The van der Waals surface area contributed by atoms with Gasteiger partial charge < -0.3 is 19.8 Å². The molecule has 4 aromatic rings. The molecular weight excluding hydrogens is 600 g/mol. The molecule has 0 saturated carbocycles. The number of hydrogen-bond acceptors (Lipinski definition) is 10. The summed E-state index contributed by atoms with van der Waals surface area (Å²) < 4.78 is 49.1. The second kappa shape index (κ2) is 12.1. The zero-order chi connectivity index (χ0) is 32.6. The number of nitro groups is 1. The van der Waals surface area contributed by atoms with Crippen molar-refractivity contribution in [1.29, 1.82) is 0 Å². The summed E-state index contributed by atoms with van der Waals surface area (Å²) >= 11 is 0. The van der Waals surface area contributed by atoms with E-state index >= 15 is 0 Å². The lowest BCUT2D eigenvalue weighted by molar-refractivity contribution is -0.384. The summed E-state index contributed by atoms with van der Waals surface area (Å²) in [6.45, 7) is 4.67. The number of para-hydroxylation sites is 1. The van der Waals surface area contributed by atoms with E-state index in [-0.39, 0.29) is 28.6 Å². The van der Waals surface area contributed by atoms with Crippen molar-refractivity contribution >= 4 is 38.3 Å². The van der Waals surface area contributed by atoms with Crippen LogP contribution < -0.4 is 14.8 Å². The van der Waals surface area contributed by atoms with Crippen LogP contribution in [0.4, 0.5) is 11.4 Å². The molecule has 2 aliphatic heterocycles. The molecule has 2 unspecified atom stereocenters. The molecule has 14 heteroatoms. The van der Waals surface area contributed by atoms with E-state index in [1.807, 2.05) is 24.6 Å². The maximum absolute atomic E-state index is 13.3. The number of H-pyrrole nitrogens is 1. The summed E-state index contributed by atoms with van der Waals surface area (Å²) in [5, 5.41) is 15.9. The highest BCUT2D eigenvalue weighted by molar-refractivity contribution is 7.90. The highest BCUT2D eigenvalue weighted by Crippen LogP contribution is 2.33. The third-order valence-corrected chi connectivity index (χ3v) is 9.32. The number of fused-ring (bicyclic) bond motifs is 1. The van der Waals surface area contributed by atoms with Crippen LogP contribution in [0.2, 0.25) is 0 Å². The first kappa shape index (κ1) is 29.2. The van der Waals surface area contributed by atoms with E-state index < -0.39 is 44.0 Å². The average Bonchev–Trinajstić information content (AvgIpc) is 3.62. The number of nitro benzene ring substituents is 1. The zero-order valence-electron chi connectivity index (χ0n) is 25.7. The Hall–Kier alpha value is -4.53. The number of carbonyl (C=O) groups is 1. The first-order valence-corrected chi connectivity index (χ1v) is 16.0. The van der Waals surface area contributed by atoms with E-state index in [0.29, 0.717) is 31.0 Å². The summed E-state index contributed by atoms with van der Waals surface area (Å²) in [5.41, 5.74) is -0.0757. The summed E-state index contributed by atoms with van der Waals surface area (Å²) in [5.74, 6) is -0.543. The lowest BCUT2D eigenvalue weighted by Gasteiger charge is -2.39. The molecule has 2 aliphatic rings. The van der Waals surface area contributed by atoms with Crippen LogP contribution in [-0.4, -0.2) is 71.5 Å². The van der Waals surface area contributed by atoms with Crippen LogP contribution in [0.25, 0.3) is 11.0 Å². The maximum Gasteiger partial charge on any atom is 0.293 e. The number of aromatic amines is 1. The number of hydrogen-bond donors (Lipinski definition) is 3. The number of anilines is 1. The van der Waals surface area contributed by atoms with Gasteiger partial charge in [-0.1, -0.05) is 12.1 Å². The molecule has 3 atom stereocenters. The highest BCUT2D eigenvalue weighted by Gasteiger charge is 2.36. The van der Waals surface area contributed by atoms with Crippen molar-refractivity contribution < 1.29 is 29.0 Å². The Morgan fingerprint density at radius 1 is 1.22 bits per heavy atom. The minimum atomic E-state index is -4.52. The summed E-state index contributed by atoms with van der Waals surface area (Å²) in [6.07, 6.45) is 5.38. The number of nitrogens with zero attached hydrogens (tertiary/aromatic N) is 3. The summed E-state index contributed by atoms with van der Waals surface area (Å²) in [4.78, 5) is 33.4. The minimum absolute atomic E-state index is 0.0618. The Morgan fingerprint density at radius 3 is 2.84 bits per heavy atom. The first-order valence-electron chi connectivity index (χ1n) is 15.1. The number of amides is 1. The molecule has 0 bridgehead atoms. The van der Waals surface area contributed by atoms with Crippen molar-refractivity contribution in [3.05, 3.63) is 82.7 Å². The van der Waals surface area contributed by atoms with Crippen molar-refractivity contribution in [1.82, 2.24) is 19.6 Å². The van der Waals surface area contributed by atoms with Crippen molar-refractivity contribution in [2.45, 2.75) is 55.7 Å². The van der Waals surface area contributed by atoms with E-state index in [1.165, 1.54) is 30.5 Å². The van der Waals surface area contributed by atoms with Gasteiger partial charge in [0.2, 0.25) is 0 Å². The molecule has 2 saturated heterocycles. The Morgan fingerprint density at radius 2 is 2.04 bits per heavy atom. The predicted molar refractivity (Wildman–Crippen MR) is 167 cm³/mol. The molecule has 1 amide bonds. The number of pyridine rings is 1. The fraction of sp³-hybridized carbons (Fsp3) is 0.355. The van der Waals surface area contributed by atoms with Crippen LogP contribution in [-0.2, 0) is 14.8 Å². The number of ether oxygens (including phenoxy) is 2. The average molecular weight is 636 g/mol. The van der Waals surface area contributed by atoms with E-state index in [9.17, 15) is 23.3 Å². The van der Waals surface area contributed by atoms with E-state index in [1.54, 1.807) is 24.4 Å². The van der Waals surface area contributed by atoms with Gasteiger partial charge in [0.1, 0.15) is 22.8 Å². The molecule has 45 heavy (non-hydrogen) atoms. The van der Waals surface area contributed by atoms with Crippen LogP contribution in [0.3, 0.4) is 0 Å². The third-order valence-electron chi connectivity index (χ3n) is 7.99. The van der Waals surface area contributed by atoms with Gasteiger partial charge in [0.25, 0.3) is 21.6 Å². The van der Waals surface area contributed by atoms with Gasteiger partial charge in [0.05, 0.1) is 27.2 Å². The molecule has 236 valence electrons. The van der Waals surface area contributed by atoms with Gasteiger partial charge in [-0.25, -0.2) is 18.1 Å². The number of sulfonamides is 1. The SMILES string of the molecule is [2H]C1[C@@H](Nc2ccc(S(=O)(=O)NC(=O)c3ccccc3Oc3cnc4[nH]ccc4c3)cc2[N+](=O)[O-])CCN1C1CCOC(C)(C)C1. The first-order chi connectivity index (χ1) is 21.9. The normalized spacial score (nSPS) is 22.1. The summed E-state index contributed by atoms with van der Waals surface area (Å²) in [6, 6.07) is 12.8. The fourth-order valence-corrected chi connectivity index (χ4v) is 6.78. The van der Waals surface area contributed by atoms with Gasteiger partial charge in [0, 0.05) is 50.8 Å². The number of benzene rings is 2. The molecule has 2 aromatic heterocycles.